The first kappa shape index (κ1) is 15.3. The van der Waals surface area contributed by atoms with Crippen LogP contribution in [0.5, 0.6) is 0 Å². The molecule has 0 aromatic heterocycles. The molecule has 5 heteroatoms. The number of hydrogen-bond donors (Lipinski definition) is 1. The van der Waals surface area contributed by atoms with Crippen LogP contribution in [0.2, 0.25) is 0 Å². The van der Waals surface area contributed by atoms with Gasteiger partial charge in [0, 0.05) is 19.6 Å². The summed E-state index contributed by atoms with van der Waals surface area (Å²) in [4.78, 5) is 2.48. The number of rotatable bonds is 2. The second kappa shape index (κ2) is 4.90. The van der Waals surface area contributed by atoms with Crippen molar-refractivity contribution in [2.24, 2.45) is 17.3 Å². The molecule has 4 rings (SSSR count). The number of aliphatic hydroxyl groups is 1. The summed E-state index contributed by atoms with van der Waals surface area (Å²) >= 11 is 0. The van der Waals surface area contributed by atoms with Crippen molar-refractivity contribution in [3.8, 4) is 0 Å². The van der Waals surface area contributed by atoms with Gasteiger partial charge in [0.1, 0.15) is 18.3 Å². The van der Waals surface area contributed by atoms with E-state index in [0.717, 1.165) is 31.5 Å². The van der Waals surface area contributed by atoms with Crippen LogP contribution in [0.15, 0.2) is 0 Å². The van der Waals surface area contributed by atoms with Gasteiger partial charge in [0.25, 0.3) is 0 Å². The van der Waals surface area contributed by atoms with E-state index in [1.807, 2.05) is 13.8 Å². The molecular weight excluding hydrogens is 282 g/mol. The van der Waals surface area contributed by atoms with E-state index in [0.29, 0.717) is 5.41 Å². The van der Waals surface area contributed by atoms with E-state index in [1.54, 1.807) is 0 Å². The molecule has 1 saturated carbocycles. The average Bonchev–Trinajstić information content (AvgIpc) is 2.90. The lowest BCUT2D eigenvalue weighted by Gasteiger charge is -2.36. The number of ether oxygens (including phenoxy) is 3. The minimum Gasteiger partial charge on any atom is -0.387 e. The van der Waals surface area contributed by atoms with Gasteiger partial charge < -0.3 is 24.2 Å². The fourth-order valence-electron chi connectivity index (χ4n) is 5.04. The molecule has 5 nitrogen and oxygen atoms in total. The molecule has 2 bridgehead atoms. The third-order valence-electron chi connectivity index (χ3n) is 6.09. The molecule has 3 heterocycles. The number of fused-ring (bicyclic) bond motifs is 3. The summed E-state index contributed by atoms with van der Waals surface area (Å²) in [6, 6.07) is 0. The molecule has 1 N–H and O–H groups in total. The van der Waals surface area contributed by atoms with Crippen LogP contribution < -0.4 is 0 Å². The summed E-state index contributed by atoms with van der Waals surface area (Å²) in [6.07, 6.45) is 1.12. The Balaban J connectivity index is 1.38. The Labute approximate surface area is 132 Å². The van der Waals surface area contributed by atoms with Crippen LogP contribution in [0.4, 0.5) is 0 Å². The highest BCUT2D eigenvalue weighted by atomic mass is 16.8. The van der Waals surface area contributed by atoms with E-state index in [-0.39, 0.29) is 12.2 Å². The van der Waals surface area contributed by atoms with E-state index in [9.17, 15) is 5.11 Å². The van der Waals surface area contributed by atoms with E-state index in [4.69, 9.17) is 14.2 Å². The van der Waals surface area contributed by atoms with Gasteiger partial charge in [-0.1, -0.05) is 13.8 Å². The summed E-state index contributed by atoms with van der Waals surface area (Å²) in [6.45, 7) is 11.6. The fourth-order valence-corrected chi connectivity index (χ4v) is 5.04. The molecule has 0 spiro atoms. The quantitative estimate of drug-likeness (QED) is 0.839. The predicted octanol–water partition coefficient (Wildman–Crippen LogP) is 1.59. The third kappa shape index (κ3) is 2.51. The standard InChI is InChI=1S/C17H29NO4/c1-16(2)6-10-5-11(16)8-18(7-10)9-12-13(19)14-15(20-12)22-17(3,4)21-14/h10-15,19H,5-9H2,1-4H3/t10-,11-,12-,13+,14-,15-/m1/s1. The van der Waals surface area contributed by atoms with Gasteiger partial charge in [-0.2, -0.15) is 0 Å². The zero-order chi connectivity index (χ0) is 15.7. The second-order valence-corrected chi connectivity index (χ2v) is 8.84. The van der Waals surface area contributed by atoms with Crippen LogP contribution >= 0.6 is 0 Å². The zero-order valence-corrected chi connectivity index (χ0v) is 14.1. The maximum Gasteiger partial charge on any atom is 0.190 e. The number of likely N-dealkylation sites (tertiary alicyclic amines) is 1. The molecule has 4 aliphatic rings. The van der Waals surface area contributed by atoms with Crippen LogP contribution in [0.25, 0.3) is 0 Å². The molecule has 126 valence electrons. The lowest BCUT2D eigenvalue weighted by molar-refractivity contribution is -0.216. The maximum atomic E-state index is 10.5. The van der Waals surface area contributed by atoms with Crippen LogP contribution in [0.1, 0.15) is 40.5 Å². The molecule has 0 radical (unpaired) electrons. The summed E-state index contributed by atoms with van der Waals surface area (Å²) in [5, 5.41) is 10.5. The van der Waals surface area contributed by atoms with Gasteiger partial charge in [-0.15, -0.1) is 0 Å². The molecule has 0 amide bonds. The van der Waals surface area contributed by atoms with Crippen molar-refractivity contribution >= 4 is 0 Å². The Kier molecular flexibility index (Phi) is 3.41. The van der Waals surface area contributed by atoms with Crippen LogP contribution in [0, 0.1) is 17.3 Å². The van der Waals surface area contributed by atoms with Crippen molar-refractivity contribution in [1.29, 1.82) is 0 Å². The number of aliphatic hydroxyl groups excluding tert-OH is 1. The van der Waals surface area contributed by atoms with Crippen molar-refractivity contribution in [1.82, 2.24) is 4.90 Å². The van der Waals surface area contributed by atoms with Crippen LogP contribution in [-0.4, -0.2) is 60.0 Å². The summed E-state index contributed by atoms with van der Waals surface area (Å²) in [5.74, 6) is 0.921. The summed E-state index contributed by atoms with van der Waals surface area (Å²) < 4.78 is 17.4. The Bertz CT molecular complexity index is 452. The minimum absolute atomic E-state index is 0.202. The first-order valence-electron chi connectivity index (χ1n) is 8.65. The molecular formula is C17H29NO4. The highest BCUT2D eigenvalue weighted by Gasteiger charge is 2.55. The zero-order valence-electron chi connectivity index (χ0n) is 14.1. The molecule has 22 heavy (non-hydrogen) atoms. The second-order valence-electron chi connectivity index (χ2n) is 8.84. The van der Waals surface area contributed by atoms with Gasteiger partial charge in [-0.3, -0.25) is 0 Å². The number of nitrogens with zero attached hydrogens (tertiary/aromatic N) is 1. The summed E-state index contributed by atoms with van der Waals surface area (Å²) in [5.41, 5.74) is 0.460. The normalized spacial score (nSPS) is 49.5. The largest absolute Gasteiger partial charge is 0.387 e. The highest BCUT2D eigenvalue weighted by Crippen LogP contribution is 2.49. The lowest BCUT2D eigenvalue weighted by Crippen LogP contribution is -2.46. The van der Waals surface area contributed by atoms with Gasteiger partial charge in [0.2, 0.25) is 0 Å². The molecule has 6 atom stereocenters. The predicted molar refractivity (Wildman–Crippen MR) is 81.1 cm³/mol. The molecule has 1 aliphatic carbocycles. The molecule has 0 aromatic carbocycles. The molecule has 3 aliphatic heterocycles. The van der Waals surface area contributed by atoms with Crippen LogP contribution in [-0.2, 0) is 14.2 Å². The fraction of sp³-hybridized carbons (Fsp3) is 1.00. The summed E-state index contributed by atoms with van der Waals surface area (Å²) in [7, 11) is 0. The molecule has 4 fully saturated rings. The van der Waals surface area contributed by atoms with Crippen molar-refractivity contribution in [3.05, 3.63) is 0 Å². The smallest absolute Gasteiger partial charge is 0.190 e. The van der Waals surface area contributed by atoms with Gasteiger partial charge in [0.05, 0.1) is 0 Å². The molecule has 0 unspecified atom stereocenters. The first-order chi connectivity index (χ1) is 10.2. The van der Waals surface area contributed by atoms with Crippen molar-refractivity contribution in [2.75, 3.05) is 19.6 Å². The van der Waals surface area contributed by atoms with Gasteiger partial charge in [-0.05, 0) is 43.9 Å². The monoisotopic (exact) mass is 311 g/mol. The van der Waals surface area contributed by atoms with E-state index in [1.165, 1.54) is 12.8 Å². The third-order valence-corrected chi connectivity index (χ3v) is 6.09. The Morgan fingerprint density at radius 1 is 1.14 bits per heavy atom. The van der Waals surface area contributed by atoms with E-state index >= 15 is 0 Å². The Hall–Kier alpha value is -0.200. The van der Waals surface area contributed by atoms with Gasteiger partial charge >= 0.3 is 0 Å². The van der Waals surface area contributed by atoms with Gasteiger partial charge in [-0.25, -0.2) is 0 Å². The van der Waals surface area contributed by atoms with Gasteiger partial charge in [0.15, 0.2) is 12.1 Å². The Morgan fingerprint density at radius 3 is 2.59 bits per heavy atom. The van der Waals surface area contributed by atoms with E-state index in [2.05, 4.69) is 18.7 Å². The van der Waals surface area contributed by atoms with E-state index < -0.39 is 18.2 Å². The van der Waals surface area contributed by atoms with Crippen molar-refractivity contribution in [3.63, 3.8) is 0 Å². The number of piperidine rings is 1. The SMILES string of the molecule is CC1(C)O[C@H]2O[C@H](CN3C[C@@H]4C[C@H](C3)C(C)(C)C4)[C@H](O)[C@H]2O1. The highest BCUT2D eigenvalue weighted by molar-refractivity contribution is 4.99. The van der Waals surface area contributed by atoms with Crippen molar-refractivity contribution < 1.29 is 19.3 Å². The van der Waals surface area contributed by atoms with Crippen molar-refractivity contribution in [2.45, 2.75) is 70.9 Å². The topological polar surface area (TPSA) is 51.2 Å². The molecule has 3 saturated heterocycles. The van der Waals surface area contributed by atoms with Crippen LogP contribution in [0.3, 0.4) is 0 Å². The Morgan fingerprint density at radius 2 is 1.91 bits per heavy atom. The minimum atomic E-state index is -0.657. The molecule has 0 aromatic rings. The maximum absolute atomic E-state index is 10.5. The first-order valence-corrected chi connectivity index (χ1v) is 8.65. The lowest BCUT2D eigenvalue weighted by atomic mass is 9.82. The number of hydrogen-bond acceptors (Lipinski definition) is 5. The average molecular weight is 311 g/mol.